The average Bonchev–Trinajstić information content (AvgIpc) is 2.75. The van der Waals surface area contributed by atoms with Gasteiger partial charge in [0.25, 0.3) is 5.91 Å². The highest BCUT2D eigenvalue weighted by Crippen LogP contribution is 2.36. The van der Waals surface area contributed by atoms with Gasteiger partial charge in [-0.15, -0.1) is 11.3 Å². The first-order valence-corrected chi connectivity index (χ1v) is 7.54. The Morgan fingerprint density at radius 2 is 2.05 bits per heavy atom. The fourth-order valence-corrected chi connectivity index (χ4v) is 3.42. The number of amides is 1. The van der Waals surface area contributed by atoms with Crippen LogP contribution in [-0.2, 0) is 4.79 Å². The third-order valence-electron chi connectivity index (χ3n) is 2.79. The van der Waals surface area contributed by atoms with Crippen LogP contribution >= 0.6 is 34.5 Å². The van der Waals surface area contributed by atoms with Crippen LogP contribution in [0.15, 0.2) is 18.2 Å². The van der Waals surface area contributed by atoms with Crippen LogP contribution in [0, 0.1) is 0 Å². The van der Waals surface area contributed by atoms with Crippen molar-refractivity contribution in [1.82, 2.24) is 5.32 Å². The molecule has 3 N–H and O–H groups in total. The summed E-state index contributed by atoms with van der Waals surface area (Å²) < 4.78 is 0.795. The Balaban J connectivity index is 2.09. The number of carbonyl (C=O) groups excluding carboxylic acids is 1. The van der Waals surface area contributed by atoms with Crippen LogP contribution in [0.3, 0.4) is 0 Å². The van der Waals surface area contributed by atoms with Crippen molar-refractivity contribution in [3.05, 3.63) is 33.1 Å². The van der Waals surface area contributed by atoms with E-state index in [1.807, 2.05) is 0 Å². The van der Waals surface area contributed by atoms with E-state index in [-0.39, 0.29) is 13.0 Å². The van der Waals surface area contributed by atoms with Crippen LogP contribution in [0.2, 0.25) is 10.0 Å². The summed E-state index contributed by atoms with van der Waals surface area (Å²) in [6.45, 7) is 0.0393. The summed E-state index contributed by atoms with van der Waals surface area (Å²) in [5.74, 6) is -1.73. The molecule has 0 fully saturated rings. The molecule has 8 heteroatoms. The Morgan fingerprint density at radius 3 is 2.71 bits per heavy atom. The number of hydrogen-bond donors (Lipinski definition) is 3. The van der Waals surface area contributed by atoms with Gasteiger partial charge in [-0.1, -0.05) is 29.3 Å². The summed E-state index contributed by atoms with van der Waals surface area (Å²) in [4.78, 5) is 22.8. The molecule has 0 aliphatic rings. The molecule has 5 nitrogen and oxygen atoms in total. The summed E-state index contributed by atoms with van der Waals surface area (Å²) in [5, 5.41) is 21.8. The number of benzene rings is 1. The van der Waals surface area contributed by atoms with Gasteiger partial charge in [0.05, 0.1) is 5.02 Å². The monoisotopic (exact) mass is 347 g/mol. The maximum Gasteiger partial charge on any atom is 0.332 e. The van der Waals surface area contributed by atoms with Gasteiger partial charge in [-0.25, -0.2) is 4.79 Å². The first kappa shape index (κ1) is 16.0. The molecule has 0 aliphatic carbocycles. The number of nitrogens with one attached hydrogen (secondary N) is 1. The number of fused-ring (bicyclic) bond motifs is 1. The second-order valence-electron chi connectivity index (χ2n) is 4.28. The Morgan fingerprint density at radius 1 is 1.33 bits per heavy atom. The van der Waals surface area contributed by atoms with Gasteiger partial charge in [0.2, 0.25) is 0 Å². The number of rotatable bonds is 5. The lowest BCUT2D eigenvalue weighted by Gasteiger charge is -2.06. The van der Waals surface area contributed by atoms with E-state index in [9.17, 15) is 9.59 Å². The summed E-state index contributed by atoms with van der Waals surface area (Å²) in [5.41, 5.74) is 0. The number of aliphatic carboxylic acids is 1. The molecule has 1 heterocycles. The van der Waals surface area contributed by atoms with Crippen LogP contribution in [-0.4, -0.2) is 34.7 Å². The van der Waals surface area contributed by atoms with Crippen LogP contribution in [0.1, 0.15) is 16.1 Å². The molecule has 1 aromatic carbocycles. The standard InChI is InChI=1S/C13H11Cl2NO4S/c14-6-1-2-7-9(5-6)21-11(10(7)15)12(18)16-4-3-8(17)13(19)20/h1-2,5,8,17H,3-4H2,(H,16,18)(H,19,20). The number of thiophene rings is 1. The highest BCUT2D eigenvalue weighted by atomic mass is 35.5. The zero-order valence-corrected chi connectivity index (χ0v) is 12.9. The normalized spacial score (nSPS) is 12.3. The fraction of sp³-hybridized carbons (Fsp3) is 0.231. The van der Waals surface area contributed by atoms with Crippen molar-refractivity contribution >= 4 is 56.5 Å². The van der Waals surface area contributed by atoms with E-state index in [1.165, 1.54) is 11.3 Å². The number of aliphatic hydroxyl groups excluding tert-OH is 1. The van der Waals surface area contributed by atoms with Gasteiger partial charge in [0.15, 0.2) is 6.10 Å². The maximum absolute atomic E-state index is 12.0. The lowest BCUT2D eigenvalue weighted by Crippen LogP contribution is -2.29. The molecule has 0 saturated heterocycles. The molecule has 21 heavy (non-hydrogen) atoms. The zero-order valence-electron chi connectivity index (χ0n) is 10.6. The molecule has 1 amide bonds. The summed E-state index contributed by atoms with van der Waals surface area (Å²) in [7, 11) is 0. The fourth-order valence-electron chi connectivity index (χ4n) is 1.71. The number of aliphatic hydroxyl groups is 1. The Bertz CT molecular complexity index is 701. The Labute approximate surface area is 134 Å². The van der Waals surface area contributed by atoms with Gasteiger partial charge in [0, 0.05) is 28.1 Å². The number of carbonyl (C=O) groups is 2. The minimum atomic E-state index is -1.50. The average molecular weight is 348 g/mol. The molecule has 1 unspecified atom stereocenters. The Kier molecular flexibility index (Phi) is 5.05. The molecule has 0 spiro atoms. The van der Waals surface area contributed by atoms with Crippen molar-refractivity contribution in [1.29, 1.82) is 0 Å². The molecule has 0 bridgehead atoms. The summed E-state index contributed by atoms with van der Waals surface area (Å²) >= 11 is 13.3. The first-order chi connectivity index (χ1) is 9.90. The molecule has 112 valence electrons. The molecule has 1 atom stereocenters. The SMILES string of the molecule is O=C(NCCC(O)C(=O)O)c1sc2cc(Cl)ccc2c1Cl. The first-order valence-electron chi connectivity index (χ1n) is 5.96. The molecular formula is C13H11Cl2NO4S. The van der Waals surface area contributed by atoms with Crippen LogP contribution in [0.5, 0.6) is 0 Å². The van der Waals surface area contributed by atoms with E-state index in [0.29, 0.717) is 14.9 Å². The van der Waals surface area contributed by atoms with Crippen LogP contribution in [0.4, 0.5) is 0 Å². The predicted octanol–water partition coefficient (Wildman–Crippen LogP) is 2.77. The number of carboxylic acid groups (broad SMARTS) is 1. The van der Waals surface area contributed by atoms with Gasteiger partial charge in [-0.2, -0.15) is 0 Å². The van der Waals surface area contributed by atoms with E-state index in [2.05, 4.69) is 5.32 Å². The third-order valence-corrected chi connectivity index (χ3v) is 4.68. The van der Waals surface area contributed by atoms with Crippen molar-refractivity contribution in [2.75, 3.05) is 6.54 Å². The van der Waals surface area contributed by atoms with Crippen molar-refractivity contribution < 1.29 is 19.8 Å². The predicted molar refractivity (Wildman–Crippen MR) is 82.4 cm³/mol. The molecule has 0 aliphatic heterocycles. The molecule has 2 aromatic rings. The van der Waals surface area contributed by atoms with Gasteiger partial charge >= 0.3 is 5.97 Å². The highest BCUT2D eigenvalue weighted by molar-refractivity contribution is 7.21. The summed E-state index contributed by atoms with van der Waals surface area (Å²) in [6.07, 6.45) is -1.57. The number of carboxylic acids is 1. The largest absolute Gasteiger partial charge is 0.479 e. The lowest BCUT2D eigenvalue weighted by molar-refractivity contribution is -0.146. The molecule has 0 radical (unpaired) electrons. The number of halogens is 2. The molecular weight excluding hydrogens is 337 g/mol. The van der Waals surface area contributed by atoms with Crippen LogP contribution < -0.4 is 5.32 Å². The third kappa shape index (κ3) is 3.65. The van der Waals surface area contributed by atoms with Gasteiger partial charge < -0.3 is 15.5 Å². The minimum Gasteiger partial charge on any atom is -0.479 e. The smallest absolute Gasteiger partial charge is 0.332 e. The van der Waals surface area contributed by atoms with Crippen molar-refractivity contribution in [3.8, 4) is 0 Å². The van der Waals surface area contributed by atoms with Crippen LogP contribution in [0.25, 0.3) is 10.1 Å². The minimum absolute atomic E-state index is 0.0393. The van der Waals surface area contributed by atoms with E-state index in [1.54, 1.807) is 18.2 Å². The van der Waals surface area contributed by atoms with E-state index in [0.717, 1.165) is 10.1 Å². The topological polar surface area (TPSA) is 86.6 Å². The lowest BCUT2D eigenvalue weighted by atomic mass is 10.2. The van der Waals surface area contributed by atoms with Gasteiger partial charge in [-0.05, 0) is 12.1 Å². The van der Waals surface area contributed by atoms with Crippen molar-refractivity contribution in [3.63, 3.8) is 0 Å². The molecule has 2 rings (SSSR count). The van der Waals surface area contributed by atoms with E-state index < -0.39 is 18.0 Å². The van der Waals surface area contributed by atoms with Gasteiger partial charge in [0.1, 0.15) is 4.88 Å². The number of hydrogen-bond acceptors (Lipinski definition) is 4. The van der Waals surface area contributed by atoms with Crippen molar-refractivity contribution in [2.24, 2.45) is 0 Å². The second kappa shape index (κ2) is 6.62. The van der Waals surface area contributed by atoms with E-state index >= 15 is 0 Å². The molecule has 1 aromatic heterocycles. The highest BCUT2D eigenvalue weighted by Gasteiger charge is 2.18. The molecule has 0 saturated carbocycles. The maximum atomic E-state index is 12.0. The zero-order chi connectivity index (χ0) is 15.6. The summed E-state index contributed by atoms with van der Waals surface area (Å²) in [6, 6.07) is 5.15. The van der Waals surface area contributed by atoms with E-state index in [4.69, 9.17) is 33.4 Å². The Hall–Kier alpha value is -1.34. The quantitative estimate of drug-likeness (QED) is 0.776. The van der Waals surface area contributed by atoms with Crippen molar-refractivity contribution in [2.45, 2.75) is 12.5 Å². The second-order valence-corrected chi connectivity index (χ2v) is 6.15. The van der Waals surface area contributed by atoms with Gasteiger partial charge in [-0.3, -0.25) is 4.79 Å².